The topological polar surface area (TPSA) is 80.7 Å². The second-order valence-electron chi connectivity index (χ2n) is 11.9. The molecular weight excluding hydrogens is 448 g/mol. The largest absolute Gasteiger partial charge is 0.469 e. The summed E-state index contributed by atoms with van der Waals surface area (Å²) >= 11 is 0. The predicted octanol–water partition coefficient (Wildman–Crippen LogP) is 6.08. The van der Waals surface area contributed by atoms with Gasteiger partial charge in [-0.05, 0) is 104 Å². The van der Waals surface area contributed by atoms with Gasteiger partial charge in [0, 0.05) is 0 Å². The zero-order chi connectivity index (χ0) is 24.5. The number of fused-ring (bicyclic) bond motifs is 5. The summed E-state index contributed by atoms with van der Waals surface area (Å²) in [4.78, 5) is 12.6. The molecular formula is C28H38O5S. The fourth-order valence-corrected chi connectivity index (χ4v) is 9.44. The molecule has 7 atom stereocenters. The molecule has 1 aromatic carbocycles. The van der Waals surface area contributed by atoms with Gasteiger partial charge >= 0.3 is 5.97 Å². The first-order valence-electron chi connectivity index (χ1n) is 12.8. The lowest BCUT2D eigenvalue weighted by atomic mass is 9.47. The second-order valence-corrected chi connectivity index (χ2v) is 13.3. The van der Waals surface area contributed by atoms with E-state index in [-0.39, 0.29) is 33.5 Å². The molecule has 4 aliphatic rings. The van der Waals surface area contributed by atoms with E-state index in [1.54, 1.807) is 12.1 Å². The van der Waals surface area contributed by atoms with Crippen LogP contribution in [0.15, 0.2) is 34.7 Å². The van der Waals surface area contributed by atoms with Crippen LogP contribution in [0.3, 0.4) is 0 Å². The molecule has 0 saturated heterocycles. The van der Waals surface area contributed by atoms with E-state index in [1.807, 2.05) is 13.0 Å². The fourth-order valence-electron chi connectivity index (χ4n) is 8.68. The van der Waals surface area contributed by atoms with Crippen molar-refractivity contribution in [2.75, 3.05) is 7.11 Å². The summed E-state index contributed by atoms with van der Waals surface area (Å²) in [5.41, 5.74) is 3.42. The number of hydrogen-bond donors (Lipinski definition) is 1. The third-order valence-corrected chi connectivity index (χ3v) is 11.4. The van der Waals surface area contributed by atoms with Crippen LogP contribution in [-0.2, 0) is 19.6 Å². The van der Waals surface area contributed by atoms with Gasteiger partial charge in [0.2, 0.25) is 0 Å². The molecule has 0 bridgehead atoms. The molecule has 1 N–H and O–H groups in total. The molecule has 5 rings (SSSR count). The van der Waals surface area contributed by atoms with Gasteiger partial charge in [-0.15, -0.1) is 0 Å². The summed E-state index contributed by atoms with van der Waals surface area (Å²) in [5, 5.41) is 0. The van der Waals surface area contributed by atoms with Gasteiger partial charge in [0.15, 0.2) is 0 Å². The van der Waals surface area contributed by atoms with Crippen LogP contribution < -0.4 is 0 Å². The Bertz CT molecular complexity index is 1140. The van der Waals surface area contributed by atoms with Crippen molar-refractivity contribution >= 4 is 16.1 Å². The molecule has 5 nitrogen and oxygen atoms in total. The number of allylic oxidation sites excluding steroid dienone is 2. The molecule has 186 valence electrons. The Morgan fingerprint density at radius 1 is 1.09 bits per heavy atom. The van der Waals surface area contributed by atoms with Gasteiger partial charge in [0.05, 0.1) is 17.9 Å². The van der Waals surface area contributed by atoms with Crippen LogP contribution in [0.2, 0.25) is 0 Å². The first-order valence-corrected chi connectivity index (χ1v) is 14.3. The average Bonchev–Trinajstić information content (AvgIpc) is 3.14. The lowest BCUT2D eigenvalue weighted by molar-refractivity contribution is -0.152. The van der Waals surface area contributed by atoms with E-state index >= 15 is 0 Å². The number of ether oxygens (including phenoxy) is 1. The van der Waals surface area contributed by atoms with Gasteiger partial charge < -0.3 is 4.74 Å². The highest BCUT2D eigenvalue weighted by Gasteiger charge is 2.60. The Morgan fingerprint density at radius 3 is 2.56 bits per heavy atom. The van der Waals surface area contributed by atoms with Crippen LogP contribution in [0, 0.1) is 41.4 Å². The van der Waals surface area contributed by atoms with Crippen molar-refractivity contribution < 1.29 is 22.5 Å². The van der Waals surface area contributed by atoms with Crippen LogP contribution in [-0.4, -0.2) is 26.0 Å². The maximum atomic E-state index is 12.5. The Labute approximate surface area is 204 Å². The number of carbonyl (C=O) groups excluding carboxylic acids is 1. The van der Waals surface area contributed by atoms with Gasteiger partial charge in [-0.3, -0.25) is 9.35 Å². The lowest BCUT2D eigenvalue weighted by Gasteiger charge is -2.58. The van der Waals surface area contributed by atoms with Crippen LogP contribution in [0.1, 0.15) is 82.3 Å². The minimum atomic E-state index is -4.25. The normalized spacial score (nSPS) is 39.4. The Hall–Kier alpha value is -1.66. The van der Waals surface area contributed by atoms with Crippen molar-refractivity contribution in [3.05, 3.63) is 41.0 Å². The summed E-state index contributed by atoms with van der Waals surface area (Å²) in [6, 6.07) is 5.26. The number of benzene rings is 1. The number of methoxy groups -OCH3 is 1. The van der Waals surface area contributed by atoms with Crippen LogP contribution in [0.5, 0.6) is 0 Å². The van der Waals surface area contributed by atoms with Crippen molar-refractivity contribution in [3.63, 3.8) is 0 Å². The molecule has 3 saturated carbocycles. The number of carbonyl (C=O) groups is 1. The molecule has 4 aliphatic carbocycles. The molecule has 1 aromatic rings. The van der Waals surface area contributed by atoms with Crippen LogP contribution in [0.4, 0.5) is 0 Å². The van der Waals surface area contributed by atoms with E-state index < -0.39 is 10.1 Å². The van der Waals surface area contributed by atoms with Gasteiger partial charge in [-0.2, -0.15) is 8.42 Å². The highest BCUT2D eigenvalue weighted by molar-refractivity contribution is 7.85. The van der Waals surface area contributed by atoms with E-state index in [0.717, 1.165) is 62.5 Å². The minimum absolute atomic E-state index is 0.0255. The molecule has 3 fully saturated rings. The zero-order valence-corrected chi connectivity index (χ0v) is 21.7. The number of rotatable bonds is 3. The summed E-state index contributed by atoms with van der Waals surface area (Å²) in [5.74, 6) is 1.88. The smallest absolute Gasteiger partial charge is 0.309 e. The van der Waals surface area contributed by atoms with Crippen molar-refractivity contribution in [3.8, 4) is 0 Å². The number of hydrogen-bond acceptors (Lipinski definition) is 4. The summed E-state index contributed by atoms with van der Waals surface area (Å²) in [7, 11) is -2.74. The first-order chi connectivity index (χ1) is 16.0. The summed E-state index contributed by atoms with van der Waals surface area (Å²) in [6.07, 6.45) is 10.6. The first kappa shape index (κ1) is 24.1. The maximum absolute atomic E-state index is 12.5. The Morgan fingerprint density at radius 2 is 1.85 bits per heavy atom. The highest BCUT2D eigenvalue weighted by atomic mass is 32.2. The van der Waals surface area contributed by atoms with Crippen molar-refractivity contribution in [1.29, 1.82) is 0 Å². The monoisotopic (exact) mass is 486 g/mol. The Balaban J connectivity index is 1.44. The van der Waals surface area contributed by atoms with Gasteiger partial charge in [0.25, 0.3) is 10.1 Å². The molecule has 0 aliphatic heterocycles. The lowest BCUT2D eigenvalue weighted by Crippen LogP contribution is -2.50. The molecule has 0 unspecified atom stereocenters. The van der Waals surface area contributed by atoms with E-state index in [9.17, 15) is 17.8 Å². The minimum Gasteiger partial charge on any atom is -0.469 e. The van der Waals surface area contributed by atoms with E-state index in [4.69, 9.17) is 4.74 Å². The molecule has 0 amide bonds. The third-order valence-electron chi connectivity index (χ3n) is 10.5. The molecule has 6 heteroatoms. The van der Waals surface area contributed by atoms with Crippen molar-refractivity contribution in [1.82, 2.24) is 0 Å². The average molecular weight is 487 g/mol. The van der Waals surface area contributed by atoms with Gasteiger partial charge in [0.1, 0.15) is 0 Å². The Kier molecular flexibility index (Phi) is 5.80. The van der Waals surface area contributed by atoms with Crippen LogP contribution in [0.25, 0.3) is 0 Å². The molecule has 0 heterocycles. The predicted molar refractivity (Wildman–Crippen MR) is 131 cm³/mol. The SMILES string of the molecule is COC(=O)[C@H]1CC[C@H]2[C@@H]3CC=C4C[C@@H](c5cc(C)ccc5S(=O)(=O)O)CC[C@]4(C)[C@H]3CC[C@]12C. The summed E-state index contributed by atoms with van der Waals surface area (Å²) in [6.45, 7) is 6.73. The second kappa shape index (κ2) is 8.19. The zero-order valence-electron chi connectivity index (χ0n) is 20.8. The fraction of sp³-hybridized carbons (Fsp3) is 0.679. The number of aryl methyl sites for hydroxylation is 1. The van der Waals surface area contributed by atoms with E-state index in [0.29, 0.717) is 17.8 Å². The van der Waals surface area contributed by atoms with Crippen molar-refractivity contribution in [2.45, 2.75) is 83.0 Å². The molecule has 0 spiro atoms. The molecule has 0 radical (unpaired) electrons. The van der Waals surface area contributed by atoms with Crippen LogP contribution >= 0.6 is 0 Å². The highest BCUT2D eigenvalue weighted by Crippen LogP contribution is 2.67. The molecule has 34 heavy (non-hydrogen) atoms. The quantitative estimate of drug-likeness (QED) is 0.318. The van der Waals surface area contributed by atoms with Gasteiger partial charge in [-0.25, -0.2) is 0 Å². The summed E-state index contributed by atoms with van der Waals surface area (Å²) < 4.78 is 39.2. The van der Waals surface area contributed by atoms with Crippen molar-refractivity contribution in [2.24, 2.45) is 34.5 Å². The number of esters is 1. The third kappa shape index (κ3) is 3.59. The van der Waals surface area contributed by atoms with E-state index in [1.165, 1.54) is 12.7 Å². The van der Waals surface area contributed by atoms with E-state index in [2.05, 4.69) is 19.9 Å². The van der Waals surface area contributed by atoms with Gasteiger partial charge in [-0.1, -0.05) is 43.2 Å². The standard InChI is InChI=1S/C28H38O5S/c1-17-5-10-25(34(30,31)32)21(15-17)18-11-13-27(2)19(16-18)6-7-20-22-8-9-24(26(29)33-4)28(22,3)14-12-23(20)27/h5-6,10,15,18,20,22-24H,7-9,11-14,16H2,1-4H3,(H,30,31,32)/t18-,20-,22-,23-,24+,27-,28-/m0/s1. The molecule has 0 aromatic heterocycles. The maximum Gasteiger partial charge on any atom is 0.309 e.